The first-order chi connectivity index (χ1) is 11.5. The van der Waals surface area contributed by atoms with Gasteiger partial charge < -0.3 is 14.9 Å². The van der Waals surface area contributed by atoms with Crippen molar-refractivity contribution in [1.82, 2.24) is 9.88 Å². The Bertz CT molecular complexity index is 731. The number of anilines is 2. The normalized spacial score (nSPS) is 14.6. The lowest BCUT2D eigenvalue weighted by molar-refractivity contribution is 0.208. The van der Waals surface area contributed by atoms with Gasteiger partial charge in [-0.2, -0.15) is 0 Å². The smallest absolute Gasteiger partial charge is 0.323 e. The molecule has 0 spiro atoms. The minimum Gasteiger partial charge on any atom is -0.506 e. The topological polar surface area (TPSA) is 68.7 Å². The largest absolute Gasteiger partial charge is 0.506 e. The van der Waals surface area contributed by atoms with Gasteiger partial charge in [0.15, 0.2) is 0 Å². The first kappa shape index (κ1) is 16.0. The van der Waals surface area contributed by atoms with Crippen LogP contribution in [0.15, 0.2) is 36.5 Å². The SMILES string of the molecule is O=C(Nc1ccc(O)cn1)N1CCN(c2ccc(F)cc2F)CC1. The number of nitrogens with zero attached hydrogens (tertiary/aromatic N) is 3. The molecule has 0 radical (unpaired) electrons. The van der Waals surface area contributed by atoms with E-state index in [0.29, 0.717) is 37.7 Å². The van der Waals surface area contributed by atoms with Crippen LogP contribution in [0.5, 0.6) is 5.75 Å². The molecular formula is C16H16F2N4O2. The van der Waals surface area contributed by atoms with E-state index < -0.39 is 11.6 Å². The molecule has 2 heterocycles. The molecule has 0 atom stereocenters. The van der Waals surface area contributed by atoms with Gasteiger partial charge in [-0.15, -0.1) is 0 Å². The molecule has 8 heteroatoms. The molecule has 1 fully saturated rings. The number of piperazine rings is 1. The number of hydrogen-bond donors (Lipinski definition) is 2. The van der Waals surface area contributed by atoms with Crippen LogP contribution in [0.1, 0.15) is 0 Å². The molecule has 0 aliphatic carbocycles. The molecule has 1 saturated heterocycles. The van der Waals surface area contributed by atoms with E-state index in [1.165, 1.54) is 30.5 Å². The summed E-state index contributed by atoms with van der Waals surface area (Å²) in [5, 5.41) is 11.8. The van der Waals surface area contributed by atoms with Crippen LogP contribution in [0.2, 0.25) is 0 Å². The van der Waals surface area contributed by atoms with Crippen LogP contribution in [-0.4, -0.2) is 47.2 Å². The highest BCUT2D eigenvalue weighted by atomic mass is 19.1. The number of benzene rings is 1. The van der Waals surface area contributed by atoms with E-state index in [1.807, 2.05) is 0 Å². The summed E-state index contributed by atoms with van der Waals surface area (Å²) < 4.78 is 26.8. The Hall–Kier alpha value is -2.90. The fourth-order valence-corrected chi connectivity index (χ4v) is 2.54. The van der Waals surface area contributed by atoms with Gasteiger partial charge in [0.2, 0.25) is 0 Å². The van der Waals surface area contributed by atoms with E-state index in [0.717, 1.165) is 6.07 Å². The predicted octanol–water partition coefficient (Wildman–Crippen LogP) is 2.42. The minimum atomic E-state index is -0.615. The monoisotopic (exact) mass is 334 g/mol. The lowest BCUT2D eigenvalue weighted by Gasteiger charge is -2.36. The second-order valence-electron chi connectivity index (χ2n) is 5.40. The number of aromatic hydroxyl groups is 1. The van der Waals surface area contributed by atoms with Gasteiger partial charge >= 0.3 is 6.03 Å². The molecule has 126 valence electrons. The lowest BCUT2D eigenvalue weighted by Crippen LogP contribution is -2.50. The summed E-state index contributed by atoms with van der Waals surface area (Å²) in [5.41, 5.74) is 0.330. The Morgan fingerprint density at radius 2 is 1.88 bits per heavy atom. The van der Waals surface area contributed by atoms with Gasteiger partial charge in [0.1, 0.15) is 23.2 Å². The Morgan fingerprint density at radius 3 is 2.50 bits per heavy atom. The number of amides is 2. The van der Waals surface area contributed by atoms with E-state index in [1.54, 1.807) is 9.80 Å². The molecule has 2 amide bonds. The summed E-state index contributed by atoms with van der Waals surface area (Å²) in [6.45, 7) is 1.69. The zero-order valence-electron chi connectivity index (χ0n) is 12.7. The number of pyridine rings is 1. The van der Waals surface area contributed by atoms with Gasteiger partial charge in [-0.05, 0) is 24.3 Å². The number of aromatic nitrogens is 1. The maximum Gasteiger partial charge on any atom is 0.323 e. The molecule has 0 bridgehead atoms. The number of urea groups is 1. The van der Waals surface area contributed by atoms with Gasteiger partial charge in [-0.3, -0.25) is 5.32 Å². The van der Waals surface area contributed by atoms with Crippen LogP contribution in [-0.2, 0) is 0 Å². The summed E-state index contributed by atoms with van der Waals surface area (Å²) >= 11 is 0. The molecule has 6 nitrogen and oxygen atoms in total. The summed E-state index contributed by atoms with van der Waals surface area (Å²) in [7, 11) is 0. The molecule has 1 aliphatic heterocycles. The van der Waals surface area contributed by atoms with Crippen molar-refractivity contribution in [1.29, 1.82) is 0 Å². The molecule has 0 saturated carbocycles. The Labute approximate surface area is 137 Å². The van der Waals surface area contributed by atoms with Crippen molar-refractivity contribution in [3.8, 4) is 5.75 Å². The van der Waals surface area contributed by atoms with E-state index in [2.05, 4.69) is 10.3 Å². The first-order valence-corrected chi connectivity index (χ1v) is 7.44. The van der Waals surface area contributed by atoms with Crippen LogP contribution in [0.3, 0.4) is 0 Å². The molecule has 1 aliphatic rings. The second-order valence-corrected chi connectivity index (χ2v) is 5.40. The molecular weight excluding hydrogens is 318 g/mol. The van der Waals surface area contributed by atoms with Crippen LogP contribution in [0.4, 0.5) is 25.1 Å². The molecule has 1 aromatic heterocycles. The van der Waals surface area contributed by atoms with Crippen LogP contribution < -0.4 is 10.2 Å². The third kappa shape index (κ3) is 3.53. The average Bonchev–Trinajstić information content (AvgIpc) is 2.57. The zero-order chi connectivity index (χ0) is 17.1. The summed E-state index contributed by atoms with van der Waals surface area (Å²) in [6.07, 6.45) is 1.24. The fraction of sp³-hybridized carbons (Fsp3) is 0.250. The van der Waals surface area contributed by atoms with Gasteiger partial charge in [0, 0.05) is 32.2 Å². The highest BCUT2D eigenvalue weighted by molar-refractivity contribution is 5.88. The van der Waals surface area contributed by atoms with Crippen molar-refractivity contribution in [3.63, 3.8) is 0 Å². The van der Waals surface area contributed by atoms with Gasteiger partial charge in [0.25, 0.3) is 0 Å². The number of hydrogen-bond acceptors (Lipinski definition) is 4. The number of rotatable bonds is 2. The summed E-state index contributed by atoms with van der Waals surface area (Å²) in [4.78, 5) is 19.4. The quantitative estimate of drug-likeness (QED) is 0.885. The standard InChI is InChI=1S/C16H16F2N4O2/c17-11-1-3-14(13(18)9-11)21-5-7-22(8-6-21)16(24)20-15-4-2-12(23)10-19-15/h1-4,9-10,23H,5-8H2,(H,19,20,24). The van der Waals surface area contributed by atoms with Gasteiger partial charge in [0.05, 0.1) is 11.9 Å². The van der Waals surface area contributed by atoms with Crippen molar-refractivity contribution in [2.45, 2.75) is 0 Å². The Morgan fingerprint density at radius 1 is 1.12 bits per heavy atom. The van der Waals surface area contributed by atoms with E-state index >= 15 is 0 Å². The maximum absolute atomic E-state index is 13.8. The van der Waals surface area contributed by atoms with Crippen molar-refractivity contribution in [2.75, 3.05) is 36.4 Å². The molecule has 1 aromatic carbocycles. The number of halogens is 2. The Kier molecular flexibility index (Phi) is 4.45. The van der Waals surface area contributed by atoms with Gasteiger partial charge in [-0.1, -0.05) is 0 Å². The molecule has 0 unspecified atom stereocenters. The third-order valence-corrected chi connectivity index (χ3v) is 3.80. The van der Waals surface area contributed by atoms with Crippen LogP contribution in [0, 0.1) is 11.6 Å². The molecule has 2 aromatic rings. The van der Waals surface area contributed by atoms with Crippen molar-refractivity contribution < 1.29 is 18.7 Å². The number of nitrogens with one attached hydrogen (secondary N) is 1. The van der Waals surface area contributed by atoms with Crippen molar-refractivity contribution in [2.24, 2.45) is 0 Å². The van der Waals surface area contributed by atoms with Crippen molar-refractivity contribution >= 4 is 17.5 Å². The Balaban J connectivity index is 1.58. The average molecular weight is 334 g/mol. The summed E-state index contributed by atoms with van der Waals surface area (Å²) in [6, 6.07) is 6.09. The minimum absolute atomic E-state index is 0.0166. The van der Waals surface area contributed by atoms with Crippen LogP contribution >= 0.6 is 0 Å². The second kappa shape index (κ2) is 6.69. The fourth-order valence-electron chi connectivity index (χ4n) is 2.54. The molecule has 2 N–H and O–H groups in total. The number of carbonyl (C=O) groups is 1. The summed E-state index contributed by atoms with van der Waals surface area (Å²) in [5.74, 6) is -0.871. The van der Waals surface area contributed by atoms with Crippen LogP contribution in [0.25, 0.3) is 0 Å². The lowest BCUT2D eigenvalue weighted by atomic mass is 10.2. The molecule has 3 rings (SSSR count). The van der Waals surface area contributed by atoms with E-state index in [4.69, 9.17) is 0 Å². The molecule has 24 heavy (non-hydrogen) atoms. The third-order valence-electron chi connectivity index (χ3n) is 3.80. The highest BCUT2D eigenvalue weighted by Crippen LogP contribution is 2.21. The highest BCUT2D eigenvalue weighted by Gasteiger charge is 2.23. The first-order valence-electron chi connectivity index (χ1n) is 7.44. The maximum atomic E-state index is 13.8. The zero-order valence-corrected chi connectivity index (χ0v) is 12.7. The predicted molar refractivity (Wildman–Crippen MR) is 85.1 cm³/mol. The number of carbonyl (C=O) groups excluding carboxylic acids is 1. The van der Waals surface area contributed by atoms with Crippen molar-refractivity contribution in [3.05, 3.63) is 48.2 Å². The van der Waals surface area contributed by atoms with E-state index in [9.17, 15) is 18.7 Å². The van der Waals surface area contributed by atoms with E-state index in [-0.39, 0.29) is 11.8 Å². The van der Waals surface area contributed by atoms with Gasteiger partial charge in [-0.25, -0.2) is 18.6 Å².